The van der Waals surface area contributed by atoms with Crippen molar-refractivity contribution in [1.29, 1.82) is 0 Å². The summed E-state index contributed by atoms with van der Waals surface area (Å²) in [7, 11) is 0. The van der Waals surface area contributed by atoms with Crippen LogP contribution in [0.25, 0.3) is 5.76 Å². The van der Waals surface area contributed by atoms with Crippen LogP contribution in [0.1, 0.15) is 37.9 Å². The van der Waals surface area contributed by atoms with E-state index in [0.29, 0.717) is 43.4 Å². The number of benzene rings is 2. The summed E-state index contributed by atoms with van der Waals surface area (Å²) < 4.78 is 11.1. The third-order valence-corrected chi connectivity index (χ3v) is 6.09. The van der Waals surface area contributed by atoms with Gasteiger partial charge in [0.05, 0.1) is 18.2 Å². The first-order chi connectivity index (χ1) is 16.9. The molecule has 0 aliphatic carbocycles. The minimum absolute atomic E-state index is 0.0819. The van der Waals surface area contributed by atoms with Crippen molar-refractivity contribution in [3.63, 3.8) is 0 Å². The number of likely N-dealkylation sites (tertiary alicyclic amines) is 1. The third-order valence-electron chi connectivity index (χ3n) is 6.09. The Labute approximate surface area is 207 Å². The van der Waals surface area contributed by atoms with Gasteiger partial charge in [0.2, 0.25) is 0 Å². The van der Waals surface area contributed by atoms with Crippen LogP contribution in [0.4, 0.5) is 0 Å². The molecule has 1 aliphatic rings. The predicted molar refractivity (Wildman–Crippen MR) is 137 cm³/mol. The molecule has 0 unspecified atom stereocenters. The fourth-order valence-corrected chi connectivity index (χ4v) is 4.18. The maximum absolute atomic E-state index is 13.2. The first-order valence-electron chi connectivity index (χ1n) is 12.0. The number of hydrogen-bond donors (Lipinski definition) is 1. The fourth-order valence-electron chi connectivity index (χ4n) is 4.18. The molecular formula is C28H34N2O5. The van der Waals surface area contributed by atoms with Crippen molar-refractivity contribution in [3.8, 4) is 11.5 Å². The molecule has 3 rings (SSSR count). The smallest absolute Gasteiger partial charge is 0.295 e. The van der Waals surface area contributed by atoms with E-state index >= 15 is 0 Å². The molecule has 1 aliphatic heterocycles. The Kier molecular flexibility index (Phi) is 9.09. The fraction of sp³-hybridized carbons (Fsp3) is 0.357. The van der Waals surface area contributed by atoms with Gasteiger partial charge in [0.1, 0.15) is 23.9 Å². The van der Waals surface area contributed by atoms with Gasteiger partial charge in [-0.3, -0.25) is 9.59 Å². The van der Waals surface area contributed by atoms with E-state index in [2.05, 4.69) is 25.3 Å². The van der Waals surface area contributed by atoms with Gasteiger partial charge in [0.15, 0.2) is 0 Å². The minimum atomic E-state index is -0.703. The predicted octanol–water partition coefficient (Wildman–Crippen LogP) is 4.41. The Balaban J connectivity index is 2.03. The Morgan fingerprint density at radius 3 is 2.17 bits per heavy atom. The number of ether oxygens (including phenoxy) is 2. The van der Waals surface area contributed by atoms with Crippen LogP contribution < -0.4 is 9.47 Å². The van der Waals surface area contributed by atoms with Gasteiger partial charge in [-0.05, 0) is 62.0 Å². The molecule has 1 amide bonds. The molecule has 2 aromatic rings. The van der Waals surface area contributed by atoms with Crippen molar-refractivity contribution in [3.05, 3.63) is 77.9 Å². The number of amides is 1. The van der Waals surface area contributed by atoms with Gasteiger partial charge in [-0.15, -0.1) is 0 Å². The second kappa shape index (κ2) is 12.2. The zero-order valence-electron chi connectivity index (χ0n) is 20.7. The highest BCUT2D eigenvalue weighted by atomic mass is 16.5. The largest absolute Gasteiger partial charge is 0.507 e. The standard InChI is InChI=1S/C28H34N2O5/c1-5-19-35-23-13-9-20(10-14-23)25-24(26(31)21-11-15-22(16-12-21)34-8-4)27(32)28(33)30(25)18-17-29(6-2)7-3/h5,9-16,25,31H,1,6-8,17-19H2,2-4H3/t25-/m1/s1. The molecule has 2 aromatic carbocycles. The second-order valence-corrected chi connectivity index (χ2v) is 8.15. The van der Waals surface area contributed by atoms with E-state index in [0.717, 1.165) is 18.7 Å². The number of rotatable bonds is 12. The number of ketones is 1. The summed E-state index contributed by atoms with van der Waals surface area (Å²) in [5, 5.41) is 11.2. The van der Waals surface area contributed by atoms with Crippen LogP contribution in [0.15, 0.2) is 66.8 Å². The molecular weight excluding hydrogens is 444 g/mol. The highest BCUT2D eigenvalue weighted by Crippen LogP contribution is 2.39. The van der Waals surface area contributed by atoms with Gasteiger partial charge in [-0.25, -0.2) is 0 Å². The van der Waals surface area contributed by atoms with Crippen LogP contribution in [-0.2, 0) is 9.59 Å². The quantitative estimate of drug-likeness (QED) is 0.211. The number of Topliss-reactive ketones (excluding diaryl/α,β-unsaturated/α-hetero) is 1. The summed E-state index contributed by atoms with van der Waals surface area (Å²) in [4.78, 5) is 30.1. The Hall–Kier alpha value is -3.58. The van der Waals surface area contributed by atoms with Gasteiger partial charge in [-0.2, -0.15) is 0 Å². The van der Waals surface area contributed by atoms with Gasteiger partial charge in [0, 0.05) is 18.7 Å². The number of hydrogen-bond acceptors (Lipinski definition) is 6. The molecule has 1 heterocycles. The van der Waals surface area contributed by atoms with Crippen molar-refractivity contribution in [2.24, 2.45) is 0 Å². The van der Waals surface area contributed by atoms with E-state index in [1.54, 1.807) is 47.4 Å². The molecule has 1 N–H and O–H groups in total. The summed E-state index contributed by atoms with van der Waals surface area (Å²) >= 11 is 0. The number of aliphatic hydroxyl groups is 1. The van der Waals surface area contributed by atoms with Crippen LogP contribution in [-0.4, -0.2) is 66.0 Å². The summed E-state index contributed by atoms with van der Waals surface area (Å²) in [6.07, 6.45) is 1.66. The number of likely N-dealkylation sites (N-methyl/N-ethyl adjacent to an activating group) is 1. The lowest BCUT2D eigenvalue weighted by molar-refractivity contribution is -0.140. The van der Waals surface area contributed by atoms with Crippen molar-refractivity contribution in [2.75, 3.05) is 39.4 Å². The highest BCUT2D eigenvalue weighted by molar-refractivity contribution is 6.46. The normalized spacial score (nSPS) is 17.1. The Morgan fingerprint density at radius 1 is 1.00 bits per heavy atom. The van der Waals surface area contributed by atoms with Gasteiger partial charge in [0.25, 0.3) is 11.7 Å². The van der Waals surface area contributed by atoms with Crippen molar-refractivity contribution < 1.29 is 24.2 Å². The van der Waals surface area contributed by atoms with Gasteiger partial charge >= 0.3 is 0 Å². The first kappa shape index (κ1) is 26.0. The number of nitrogens with zero attached hydrogens (tertiary/aromatic N) is 2. The van der Waals surface area contributed by atoms with Crippen molar-refractivity contribution >= 4 is 17.4 Å². The van der Waals surface area contributed by atoms with E-state index in [1.165, 1.54) is 0 Å². The van der Waals surface area contributed by atoms with E-state index in [1.807, 2.05) is 19.1 Å². The minimum Gasteiger partial charge on any atom is -0.507 e. The van der Waals surface area contributed by atoms with Crippen molar-refractivity contribution in [2.45, 2.75) is 26.8 Å². The van der Waals surface area contributed by atoms with Crippen molar-refractivity contribution in [1.82, 2.24) is 9.80 Å². The second-order valence-electron chi connectivity index (χ2n) is 8.15. The molecule has 7 heteroatoms. The van der Waals surface area contributed by atoms with E-state index in [-0.39, 0.29) is 11.3 Å². The van der Waals surface area contributed by atoms with Crippen LogP contribution in [0, 0.1) is 0 Å². The van der Waals surface area contributed by atoms with Crippen LogP contribution >= 0.6 is 0 Å². The molecule has 0 saturated carbocycles. The molecule has 7 nitrogen and oxygen atoms in total. The monoisotopic (exact) mass is 478 g/mol. The molecule has 186 valence electrons. The number of carbonyl (C=O) groups excluding carboxylic acids is 2. The van der Waals surface area contributed by atoms with Crippen LogP contribution in [0.2, 0.25) is 0 Å². The first-order valence-corrected chi connectivity index (χ1v) is 12.0. The maximum Gasteiger partial charge on any atom is 0.295 e. The van der Waals surface area contributed by atoms with E-state index in [9.17, 15) is 14.7 Å². The molecule has 0 spiro atoms. The lowest BCUT2D eigenvalue weighted by Crippen LogP contribution is -2.38. The molecule has 0 aromatic heterocycles. The van der Waals surface area contributed by atoms with Crippen LogP contribution in [0.3, 0.4) is 0 Å². The average Bonchev–Trinajstić information content (AvgIpc) is 3.13. The van der Waals surface area contributed by atoms with Crippen LogP contribution in [0.5, 0.6) is 11.5 Å². The van der Waals surface area contributed by atoms with E-state index < -0.39 is 17.7 Å². The highest BCUT2D eigenvalue weighted by Gasteiger charge is 2.45. The Morgan fingerprint density at radius 2 is 1.60 bits per heavy atom. The third kappa shape index (κ3) is 5.92. The topological polar surface area (TPSA) is 79.3 Å². The lowest BCUT2D eigenvalue weighted by Gasteiger charge is -2.28. The van der Waals surface area contributed by atoms with E-state index in [4.69, 9.17) is 9.47 Å². The number of carbonyl (C=O) groups is 2. The molecule has 1 saturated heterocycles. The molecule has 0 bridgehead atoms. The summed E-state index contributed by atoms with van der Waals surface area (Å²) in [6.45, 7) is 13.2. The zero-order chi connectivity index (χ0) is 25.4. The maximum atomic E-state index is 13.2. The lowest BCUT2D eigenvalue weighted by atomic mass is 9.95. The molecule has 35 heavy (non-hydrogen) atoms. The van der Waals surface area contributed by atoms with Gasteiger partial charge in [-0.1, -0.05) is 38.6 Å². The summed E-state index contributed by atoms with van der Waals surface area (Å²) in [5.74, 6) is -0.182. The number of aliphatic hydroxyl groups excluding tert-OH is 1. The molecule has 1 fully saturated rings. The SMILES string of the molecule is C=CCOc1ccc([C@@H]2C(=C(O)c3ccc(OCC)cc3)C(=O)C(=O)N2CCN(CC)CC)cc1. The summed E-state index contributed by atoms with van der Waals surface area (Å²) in [5.41, 5.74) is 1.26. The summed E-state index contributed by atoms with van der Waals surface area (Å²) in [6, 6.07) is 13.4. The molecule has 1 atom stereocenters. The Bertz CT molecular complexity index is 1060. The van der Waals surface area contributed by atoms with Gasteiger partial charge < -0.3 is 24.4 Å². The zero-order valence-corrected chi connectivity index (χ0v) is 20.7. The molecule has 0 radical (unpaired) electrons. The average molecular weight is 479 g/mol.